The van der Waals surface area contributed by atoms with E-state index in [1.807, 2.05) is 0 Å². The summed E-state index contributed by atoms with van der Waals surface area (Å²) in [7, 11) is 1.36. The van der Waals surface area contributed by atoms with Gasteiger partial charge in [0.1, 0.15) is 5.75 Å². The number of rotatable bonds is 4. The van der Waals surface area contributed by atoms with Gasteiger partial charge in [-0.25, -0.2) is 8.78 Å². The fraction of sp³-hybridized carbons (Fsp3) is 0.455. The van der Waals surface area contributed by atoms with Gasteiger partial charge in [-0.15, -0.1) is 0 Å². The molecule has 0 bridgehead atoms. The summed E-state index contributed by atoms with van der Waals surface area (Å²) < 4.78 is 31.9. The predicted molar refractivity (Wildman–Crippen MR) is 56.6 cm³/mol. The monoisotopic (exact) mass is 231 g/mol. The van der Waals surface area contributed by atoms with E-state index < -0.39 is 18.1 Å². The summed E-state index contributed by atoms with van der Waals surface area (Å²) in [4.78, 5) is 0. The number of methoxy groups -OCH3 is 1. The highest BCUT2D eigenvalue weighted by Crippen LogP contribution is 2.40. The Labute approximate surface area is 92.8 Å². The van der Waals surface area contributed by atoms with Crippen LogP contribution in [0.15, 0.2) is 24.3 Å². The lowest BCUT2D eigenvalue weighted by Crippen LogP contribution is -2.48. The Morgan fingerprint density at radius 1 is 1.38 bits per heavy atom. The minimum Gasteiger partial charge on any atom is -0.496 e. The minimum absolute atomic E-state index is 0.0213. The molecule has 0 radical (unpaired) electrons. The second-order valence-corrected chi connectivity index (χ2v) is 3.68. The Morgan fingerprint density at radius 3 is 2.44 bits per heavy atom. The van der Waals surface area contributed by atoms with Crippen LogP contribution in [0.3, 0.4) is 0 Å². The van der Waals surface area contributed by atoms with Gasteiger partial charge in [0.25, 0.3) is 5.92 Å². The molecule has 1 rings (SSSR count). The molecule has 0 saturated carbocycles. The van der Waals surface area contributed by atoms with Crippen molar-refractivity contribution in [3.05, 3.63) is 29.8 Å². The summed E-state index contributed by atoms with van der Waals surface area (Å²) in [5.74, 6) is -3.21. The van der Waals surface area contributed by atoms with Gasteiger partial charge in [-0.05, 0) is 13.0 Å². The number of nitrogens with two attached hydrogens (primary N) is 1. The molecule has 16 heavy (non-hydrogen) atoms. The van der Waals surface area contributed by atoms with E-state index in [4.69, 9.17) is 10.5 Å². The quantitative estimate of drug-likeness (QED) is 0.825. The summed E-state index contributed by atoms with van der Waals surface area (Å²) in [6, 6.07) is 6.09. The number of ether oxygens (including phenoxy) is 1. The fourth-order valence-corrected chi connectivity index (χ4v) is 1.44. The second-order valence-electron chi connectivity index (χ2n) is 3.68. The minimum atomic E-state index is -3.42. The van der Waals surface area contributed by atoms with Crippen LogP contribution < -0.4 is 10.5 Å². The number of benzene rings is 1. The zero-order valence-corrected chi connectivity index (χ0v) is 9.21. The molecular weight excluding hydrogens is 216 g/mol. The molecule has 90 valence electrons. The van der Waals surface area contributed by atoms with E-state index in [2.05, 4.69) is 0 Å². The third-order valence-corrected chi connectivity index (χ3v) is 2.60. The highest BCUT2D eigenvalue weighted by atomic mass is 19.3. The third-order valence-electron chi connectivity index (χ3n) is 2.60. The SMILES string of the molecule is COc1ccccc1C(C)(O)C(F)(F)CN. The molecule has 0 aliphatic carbocycles. The maximum Gasteiger partial charge on any atom is 0.292 e. The lowest BCUT2D eigenvalue weighted by Gasteiger charge is -2.33. The summed E-state index contributed by atoms with van der Waals surface area (Å²) in [5, 5.41) is 9.92. The number of hydrogen-bond acceptors (Lipinski definition) is 3. The zero-order valence-electron chi connectivity index (χ0n) is 9.21. The smallest absolute Gasteiger partial charge is 0.292 e. The second kappa shape index (κ2) is 4.35. The van der Waals surface area contributed by atoms with Gasteiger partial charge in [0.2, 0.25) is 0 Å². The molecule has 0 fully saturated rings. The van der Waals surface area contributed by atoms with Crippen molar-refractivity contribution in [1.82, 2.24) is 0 Å². The number of alkyl halides is 2. The zero-order chi connectivity index (χ0) is 12.4. The molecule has 1 unspecified atom stereocenters. The molecule has 0 spiro atoms. The number of halogens is 2. The van der Waals surface area contributed by atoms with Crippen molar-refractivity contribution >= 4 is 0 Å². The lowest BCUT2D eigenvalue weighted by molar-refractivity contribution is -0.171. The normalized spacial score (nSPS) is 15.6. The molecular formula is C11H15F2NO2. The van der Waals surface area contributed by atoms with E-state index in [-0.39, 0.29) is 11.3 Å². The molecule has 1 atom stereocenters. The van der Waals surface area contributed by atoms with Crippen LogP contribution in [0.25, 0.3) is 0 Å². The highest BCUT2D eigenvalue weighted by molar-refractivity contribution is 5.39. The van der Waals surface area contributed by atoms with Crippen molar-refractivity contribution < 1.29 is 18.6 Å². The molecule has 0 aromatic heterocycles. The Kier molecular flexibility index (Phi) is 3.50. The van der Waals surface area contributed by atoms with E-state index in [1.165, 1.54) is 19.2 Å². The molecule has 0 saturated heterocycles. The topological polar surface area (TPSA) is 55.5 Å². The van der Waals surface area contributed by atoms with Crippen LogP contribution in [0.1, 0.15) is 12.5 Å². The van der Waals surface area contributed by atoms with Crippen molar-refractivity contribution in [2.24, 2.45) is 5.73 Å². The fourth-order valence-electron chi connectivity index (χ4n) is 1.44. The molecule has 0 heterocycles. The number of aliphatic hydroxyl groups is 1. The van der Waals surface area contributed by atoms with Crippen molar-refractivity contribution in [1.29, 1.82) is 0 Å². The van der Waals surface area contributed by atoms with E-state index in [0.717, 1.165) is 6.92 Å². The van der Waals surface area contributed by atoms with Crippen LogP contribution in [0, 0.1) is 0 Å². The lowest BCUT2D eigenvalue weighted by atomic mass is 9.88. The molecule has 5 heteroatoms. The van der Waals surface area contributed by atoms with Crippen LogP contribution >= 0.6 is 0 Å². The average molecular weight is 231 g/mol. The van der Waals surface area contributed by atoms with Crippen LogP contribution in [0.2, 0.25) is 0 Å². The van der Waals surface area contributed by atoms with Crippen molar-refractivity contribution in [2.45, 2.75) is 18.4 Å². The average Bonchev–Trinajstić information content (AvgIpc) is 2.28. The van der Waals surface area contributed by atoms with Crippen LogP contribution in [0.5, 0.6) is 5.75 Å². The first-order valence-electron chi connectivity index (χ1n) is 4.80. The van der Waals surface area contributed by atoms with Crippen molar-refractivity contribution in [3.63, 3.8) is 0 Å². The standard InChI is InChI=1S/C11H15F2NO2/c1-10(15,11(12,13)7-14)8-5-3-4-6-9(8)16-2/h3-6,15H,7,14H2,1-2H3. The van der Waals surface area contributed by atoms with Gasteiger partial charge in [-0.1, -0.05) is 18.2 Å². The first-order chi connectivity index (χ1) is 7.36. The van der Waals surface area contributed by atoms with E-state index in [0.29, 0.717) is 0 Å². The Morgan fingerprint density at radius 2 is 1.94 bits per heavy atom. The summed E-state index contributed by atoms with van der Waals surface area (Å²) in [6.07, 6.45) is 0. The molecule has 3 nitrogen and oxygen atoms in total. The maximum absolute atomic E-state index is 13.5. The van der Waals surface area contributed by atoms with E-state index in [9.17, 15) is 13.9 Å². The van der Waals surface area contributed by atoms with Gasteiger partial charge in [-0.2, -0.15) is 0 Å². The first kappa shape index (κ1) is 12.9. The maximum atomic E-state index is 13.5. The highest BCUT2D eigenvalue weighted by Gasteiger charge is 2.50. The Bertz CT molecular complexity index is 367. The Balaban J connectivity index is 3.26. The molecule has 0 aliphatic heterocycles. The van der Waals surface area contributed by atoms with E-state index in [1.54, 1.807) is 12.1 Å². The van der Waals surface area contributed by atoms with Crippen LogP contribution in [0.4, 0.5) is 8.78 Å². The number of hydrogen-bond donors (Lipinski definition) is 2. The van der Waals surface area contributed by atoms with Gasteiger partial charge < -0.3 is 15.6 Å². The van der Waals surface area contributed by atoms with Gasteiger partial charge in [-0.3, -0.25) is 0 Å². The molecule has 1 aromatic rings. The summed E-state index contributed by atoms with van der Waals surface area (Å²) >= 11 is 0. The number of para-hydroxylation sites is 1. The van der Waals surface area contributed by atoms with Gasteiger partial charge in [0.15, 0.2) is 5.60 Å². The van der Waals surface area contributed by atoms with Gasteiger partial charge in [0.05, 0.1) is 13.7 Å². The first-order valence-corrected chi connectivity index (χ1v) is 4.80. The molecule has 1 aromatic carbocycles. The Hall–Kier alpha value is -1.20. The van der Waals surface area contributed by atoms with E-state index >= 15 is 0 Å². The van der Waals surface area contributed by atoms with Crippen molar-refractivity contribution in [2.75, 3.05) is 13.7 Å². The summed E-state index contributed by atoms with van der Waals surface area (Å²) in [6.45, 7) is 0.0930. The van der Waals surface area contributed by atoms with Gasteiger partial charge in [0, 0.05) is 5.56 Å². The predicted octanol–water partition coefficient (Wildman–Crippen LogP) is 1.50. The largest absolute Gasteiger partial charge is 0.496 e. The third kappa shape index (κ3) is 2.01. The molecule has 0 amide bonds. The van der Waals surface area contributed by atoms with Crippen LogP contribution in [-0.2, 0) is 5.60 Å². The molecule has 3 N–H and O–H groups in total. The summed E-state index contributed by atoms with van der Waals surface area (Å²) in [5.41, 5.74) is 2.64. The van der Waals surface area contributed by atoms with Crippen LogP contribution in [-0.4, -0.2) is 24.7 Å². The van der Waals surface area contributed by atoms with Gasteiger partial charge >= 0.3 is 0 Å². The molecule has 0 aliphatic rings. The van der Waals surface area contributed by atoms with Crippen molar-refractivity contribution in [3.8, 4) is 5.75 Å².